The van der Waals surface area contributed by atoms with Crippen LogP contribution in [0.25, 0.3) is 0 Å². The maximum Gasteiger partial charge on any atom is 0.192 e. The van der Waals surface area contributed by atoms with E-state index in [0.717, 1.165) is 19.3 Å². The van der Waals surface area contributed by atoms with Crippen LogP contribution in [-0.4, -0.2) is 52.3 Å². The Labute approximate surface area is 231 Å². The number of unbranched alkanes of at least 4 members (excludes halogenated alkanes) is 1. The molecule has 2 saturated carbocycles. The molecule has 37 heavy (non-hydrogen) atoms. The van der Waals surface area contributed by atoms with Gasteiger partial charge in [-0.2, -0.15) is 0 Å². The third-order valence-corrected chi connectivity index (χ3v) is 19.8. The summed E-state index contributed by atoms with van der Waals surface area (Å²) in [5, 5.41) is 10.5. The van der Waals surface area contributed by atoms with Crippen molar-refractivity contribution in [2.45, 2.75) is 154 Å². The topological polar surface area (TPSA) is 51.2 Å². The summed E-state index contributed by atoms with van der Waals surface area (Å²) >= 11 is 0. The van der Waals surface area contributed by atoms with E-state index in [4.69, 9.17) is 13.6 Å². The number of hydrogen-bond acceptors (Lipinski definition) is 4. The molecule has 2 unspecified atom stereocenters. The lowest BCUT2D eigenvalue weighted by molar-refractivity contribution is 0.110. The average molecular weight is 553 g/mol. The van der Waals surface area contributed by atoms with Crippen molar-refractivity contribution in [3.63, 3.8) is 0 Å². The van der Waals surface area contributed by atoms with Crippen molar-refractivity contribution in [3.8, 4) is 0 Å². The van der Waals surface area contributed by atoms with Gasteiger partial charge in [-0.05, 0) is 73.3 Å². The van der Waals surface area contributed by atoms with E-state index >= 15 is 0 Å². The molecule has 0 bridgehead atoms. The van der Waals surface area contributed by atoms with Crippen LogP contribution in [0.2, 0.25) is 36.3 Å². The van der Waals surface area contributed by atoms with Crippen LogP contribution in [0.4, 0.5) is 0 Å². The Morgan fingerprint density at radius 3 is 2.19 bits per heavy atom. The summed E-state index contributed by atoms with van der Waals surface area (Å²) in [6.45, 7) is 28.4. The van der Waals surface area contributed by atoms with E-state index in [0.29, 0.717) is 23.7 Å². The molecular formula is C31H60O4Si2. The molecule has 216 valence electrons. The van der Waals surface area contributed by atoms with Gasteiger partial charge in [0.2, 0.25) is 0 Å². The molecule has 0 amide bonds. The van der Waals surface area contributed by atoms with Gasteiger partial charge in [0.15, 0.2) is 16.6 Å². The van der Waals surface area contributed by atoms with Crippen LogP contribution in [0.5, 0.6) is 0 Å². The fraction of sp³-hybridized carbons (Fsp3) is 0.935. The Bertz CT molecular complexity index is 796. The molecule has 3 fully saturated rings. The minimum atomic E-state index is -1.90. The third kappa shape index (κ3) is 6.85. The Kier molecular flexibility index (Phi) is 9.48. The lowest BCUT2D eigenvalue weighted by Gasteiger charge is -2.40. The number of fused-ring (bicyclic) bond motifs is 3. The maximum absolute atomic E-state index is 10.1. The number of epoxide rings is 1. The van der Waals surface area contributed by atoms with Crippen molar-refractivity contribution in [1.29, 1.82) is 0 Å². The Balaban J connectivity index is 1.85. The first-order valence-corrected chi connectivity index (χ1v) is 21.0. The summed E-state index contributed by atoms with van der Waals surface area (Å²) in [4.78, 5) is 0. The molecule has 0 radical (unpaired) electrons. The van der Waals surface area contributed by atoms with Crippen LogP contribution in [0.3, 0.4) is 0 Å². The molecule has 3 rings (SSSR count). The second kappa shape index (κ2) is 11.1. The van der Waals surface area contributed by atoms with E-state index in [9.17, 15) is 5.11 Å². The number of hydrogen-bond donors (Lipinski definition) is 1. The molecule has 0 aromatic heterocycles. The predicted octanol–water partition coefficient (Wildman–Crippen LogP) is 8.33. The van der Waals surface area contributed by atoms with Gasteiger partial charge in [-0.3, -0.25) is 0 Å². The van der Waals surface area contributed by atoms with Crippen LogP contribution in [0.1, 0.15) is 93.9 Å². The van der Waals surface area contributed by atoms with E-state index in [1.165, 1.54) is 19.3 Å². The zero-order valence-corrected chi connectivity index (χ0v) is 28.3. The van der Waals surface area contributed by atoms with Gasteiger partial charge in [-0.15, -0.1) is 0 Å². The largest absolute Gasteiger partial charge is 0.413 e. The van der Waals surface area contributed by atoms with Gasteiger partial charge in [-0.25, -0.2) is 0 Å². The summed E-state index contributed by atoms with van der Waals surface area (Å²) in [6, 6.07) is 0. The Morgan fingerprint density at radius 2 is 1.65 bits per heavy atom. The van der Waals surface area contributed by atoms with Gasteiger partial charge in [0.25, 0.3) is 0 Å². The van der Waals surface area contributed by atoms with Gasteiger partial charge < -0.3 is 18.7 Å². The lowest BCUT2D eigenvalue weighted by atomic mass is 9.88. The van der Waals surface area contributed by atoms with Crippen LogP contribution >= 0.6 is 0 Å². The molecule has 2 aliphatic carbocycles. The van der Waals surface area contributed by atoms with Crippen molar-refractivity contribution < 1.29 is 18.7 Å². The van der Waals surface area contributed by atoms with Crippen molar-refractivity contribution in [2.75, 3.05) is 6.61 Å². The highest BCUT2D eigenvalue weighted by molar-refractivity contribution is 6.74. The first-order valence-electron chi connectivity index (χ1n) is 15.2. The van der Waals surface area contributed by atoms with Gasteiger partial charge in [-0.1, -0.05) is 86.8 Å². The molecule has 4 nitrogen and oxygen atoms in total. The molecule has 0 aromatic carbocycles. The summed E-state index contributed by atoms with van der Waals surface area (Å²) in [5.41, 5.74) is -0.269. The normalized spacial score (nSPS) is 34.0. The van der Waals surface area contributed by atoms with Crippen LogP contribution < -0.4 is 0 Å². The molecule has 1 saturated heterocycles. The minimum absolute atomic E-state index is 0.152. The van der Waals surface area contributed by atoms with Crippen molar-refractivity contribution in [1.82, 2.24) is 0 Å². The first-order chi connectivity index (χ1) is 16.9. The quantitative estimate of drug-likeness (QED) is 0.150. The van der Waals surface area contributed by atoms with E-state index < -0.39 is 16.6 Å². The van der Waals surface area contributed by atoms with Crippen molar-refractivity contribution in [3.05, 3.63) is 12.2 Å². The van der Waals surface area contributed by atoms with Gasteiger partial charge in [0.05, 0.1) is 24.9 Å². The second-order valence-corrected chi connectivity index (χ2v) is 25.3. The highest BCUT2D eigenvalue weighted by atomic mass is 28.4. The molecule has 0 aromatic rings. The van der Waals surface area contributed by atoms with Crippen molar-refractivity contribution >= 4 is 16.6 Å². The predicted molar refractivity (Wildman–Crippen MR) is 161 cm³/mol. The van der Waals surface area contributed by atoms with E-state index in [1.54, 1.807) is 0 Å². The first kappa shape index (κ1) is 31.5. The van der Waals surface area contributed by atoms with E-state index in [1.807, 2.05) is 0 Å². The van der Waals surface area contributed by atoms with Crippen LogP contribution in [0, 0.1) is 23.7 Å². The second-order valence-electron chi connectivity index (χ2n) is 15.8. The number of aliphatic hydroxyl groups excluding tert-OH is 1. The summed E-state index contributed by atoms with van der Waals surface area (Å²) in [6.07, 6.45) is 12.4. The zero-order valence-electron chi connectivity index (χ0n) is 26.3. The van der Waals surface area contributed by atoms with Gasteiger partial charge in [0.1, 0.15) is 5.60 Å². The van der Waals surface area contributed by atoms with E-state index in [-0.39, 0.29) is 40.6 Å². The van der Waals surface area contributed by atoms with Crippen molar-refractivity contribution in [2.24, 2.45) is 23.7 Å². The number of rotatable bonds is 12. The zero-order chi connectivity index (χ0) is 28.0. The minimum Gasteiger partial charge on any atom is -0.413 e. The molecule has 8 atom stereocenters. The number of aliphatic hydroxyl groups is 1. The maximum atomic E-state index is 10.1. The fourth-order valence-electron chi connectivity index (χ4n) is 6.24. The SMILES string of the molecule is CCCC[C@H](C)C[C@@H](/C=C/[C@H]1[C@H]2CC3(CO)OC3[C@H]2C[C@H]1O[Si](C)(C)C(C)(C)C)O[Si](C)(C)C(C)(C)C. The fourth-order valence-corrected chi connectivity index (χ4v) is 8.89. The van der Waals surface area contributed by atoms with Crippen LogP contribution in [-0.2, 0) is 13.6 Å². The average Bonchev–Trinajstić information content (AvgIpc) is 3.25. The molecule has 6 heteroatoms. The Morgan fingerprint density at radius 1 is 1.03 bits per heavy atom. The lowest BCUT2D eigenvalue weighted by Crippen LogP contribution is -2.45. The molecule has 1 heterocycles. The highest BCUT2D eigenvalue weighted by Gasteiger charge is 2.71. The summed E-state index contributed by atoms with van der Waals surface area (Å²) in [5.74, 6) is 2.05. The summed E-state index contributed by atoms with van der Waals surface area (Å²) in [7, 11) is -3.80. The van der Waals surface area contributed by atoms with Crippen LogP contribution in [0.15, 0.2) is 12.2 Å². The smallest absolute Gasteiger partial charge is 0.192 e. The highest BCUT2D eigenvalue weighted by Crippen LogP contribution is 2.63. The standard InChI is InChI=1S/C31H60O4Si2/c1-13-14-15-22(2)18-23(34-36(9,10)29(3,4)5)16-17-24-26-20-31(21-32)28(33-31)25(26)19-27(24)35-37(11,12)30(6,7)8/h16-17,22-28,32H,13-15,18-21H2,1-12H3/b17-16+/t22-,23+,24-,25-,26+,27+,28?,31?/m0/s1. The monoisotopic (exact) mass is 552 g/mol. The molecule has 0 spiro atoms. The third-order valence-electron chi connectivity index (χ3n) is 10.8. The number of ether oxygens (including phenoxy) is 1. The summed E-state index contributed by atoms with van der Waals surface area (Å²) < 4.78 is 20.2. The molecule has 1 aliphatic heterocycles. The molecule has 1 N–H and O–H groups in total. The van der Waals surface area contributed by atoms with Gasteiger partial charge >= 0.3 is 0 Å². The molecule has 3 aliphatic rings. The molecular weight excluding hydrogens is 493 g/mol. The Hall–Kier alpha value is 0.0138. The van der Waals surface area contributed by atoms with E-state index in [2.05, 4.69) is 93.7 Å². The van der Waals surface area contributed by atoms with Gasteiger partial charge in [0, 0.05) is 5.92 Å².